The number of carboxylic acid groups (broad SMARTS) is 1. The van der Waals surface area contributed by atoms with Gasteiger partial charge >= 0.3 is 5.97 Å². The maximum Gasteiger partial charge on any atom is 0.335 e. The van der Waals surface area contributed by atoms with Gasteiger partial charge in [0.05, 0.1) is 16.1 Å². The summed E-state index contributed by atoms with van der Waals surface area (Å²) in [5, 5.41) is 11.0. The van der Waals surface area contributed by atoms with Crippen LogP contribution >= 0.6 is 22.9 Å². The monoisotopic (exact) mass is 438 g/mol. The summed E-state index contributed by atoms with van der Waals surface area (Å²) in [6, 6.07) is 15.0. The highest BCUT2D eigenvalue weighted by Gasteiger charge is 2.19. The first-order valence-electron chi connectivity index (χ1n) is 9.99. The van der Waals surface area contributed by atoms with Crippen LogP contribution in [0.2, 0.25) is 5.02 Å². The van der Waals surface area contributed by atoms with Crippen molar-refractivity contribution >= 4 is 40.7 Å². The maximum atomic E-state index is 11.3. The van der Waals surface area contributed by atoms with Gasteiger partial charge in [-0.25, -0.2) is 9.78 Å². The lowest BCUT2D eigenvalue weighted by atomic mass is 9.96. The van der Waals surface area contributed by atoms with Crippen molar-refractivity contribution in [3.63, 3.8) is 0 Å². The Balaban J connectivity index is 1.47. The summed E-state index contributed by atoms with van der Waals surface area (Å²) in [6.07, 6.45) is 6.69. The predicted molar refractivity (Wildman–Crippen MR) is 125 cm³/mol. The molecule has 0 aliphatic carbocycles. The van der Waals surface area contributed by atoms with E-state index in [1.54, 1.807) is 23.5 Å². The quantitative estimate of drug-likeness (QED) is 0.500. The number of anilines is 1. The van der Waals surface area contributed by atoms with E-state index in [9.17, 15) is 9.90 Å². The molecule has 0 saturated carbocycles. The summed E-state index contributed by atoms with van der Waals surface area (Å²) in [6.45, 7) is 3.88. The van der Waals surface area contributed by atoms with Crippen molar-refractivity contribution in [2.45, 2.75) is 19.8 Å². The molecule has 154 valence electrons. The second kappa shape index (κ2) is 9.02. The van der Waals surface area contributed by atoms with Gasteiger partial charge in [-0.05, 0) is 62.1 Å². The fourth-order valence-corrected chi connectivity index (χ4v) is 4.85. The molecule has 3 aromatic rings. The number of rotatable bonds is 5. The van der Waals surface area contributed by atoms with E-state index in [4.69, 9.17) is 16.6 Å². The van der Waals surface area contributed by atoms with Crippen molar-refractivity contribution in [1.82, 2.24) is 4.98 Å². The lowest BCUT2D eigenvalue weighted by Crippen LogP contribution is -2.34. The Hall–Kier alpha value is -2.63. The number of carbonyl (C=O) groups is 1. The fraction of sp³-hybridized carbons (Fsp3) is 0.250. The van der Waals surface area contributed by atoms with Crippen molar-refractivity contribution in [2.75, 3.05) is 18.0 Å². The Bertz CT molecular complexity index is 1080. The molecule has 1 fully saturated rings. The molecule has 1 unspecified atom stereocenters. The molecule has 0 amide bonds. The number of halogens is 1. The van der Waals surface area contributed by atoms with Gasteiger partial charge < -0.3 is 10.0 Å². The van der Waals surface area contributed by atoms with Gasteiger partial charge in [-0.1, -0.05) is 35.9 Å². The van der Waals surface area contributed by atoms with Crippen molar-refractivity contribution in [3.8, 4) is 10.6 Å². The van der Waals surface area contributed by atoms with Crippen molar-refractivity contribution in [1.29, 1.82) is 0 Å². The number of benzene rings is 2. The number of aryl methyl sites for hydroxylation is 1. The van der Waals surface area contributed by atoms with Crippen molar-refractivity contribution in [3.05, 3.63) is 75.8 Å². The van der Waals surface area contributed by atoms with Crippen LogP contribution in [0.1, 0.15) is 33.8 Å². The summed E-state index contributed by atoms with van der Waals surface area (Å²) in [7, 11) is 0. The van der Waals surface area contributed by atoms with E-state index < -0.39 is 5.97 Å². The Kier molecular flexibility index (Phi) is 6.21. The van der Waals surface area contributed by atoms with Crippen LogP contribution in [-0.4, -0.2) is 29.1 Å². The largest absolute Gasteiger partial charge is 0.478 e. The zero-order valence-corrected chi connectivity index (χ0v) is 18.3. The molecule has 2 heterocycles. The van der Waals surface area contributed by atoms with Crippen LogP contribution in [0.3, 0.4) is 0 Å². The average Bonchev–Trinajstić information content (AvgIpc) is 3.13. The molecule has 4 rings (SSSR count). The van der Waals surface area contributed by atoms with Gasteiger partial charge in [0.25, 0.3) is 0 Å². The minimum atomic E-state index is -0.887. The molecular formula is C24H23ClN2O2S. The first-order chi connectivity index (χ1) is 14.5. The SMILES string of the molecule is Cc1nc(-c2ccc(Cl)cc2)sc1/C=C/C1CCCN(c2cccc(C(=O)O)c2)C1. The fourth-order valence-electron chi connectivity index (χ4n) is 3.74. The molecule has 0 radical (unpaired) electrons. The summed E-state index contributed by atoms with van der Waals surface area (Å²) in [4.78, 5) is 19.4. The number of piperidine rings is 1. The number of nitrogens with zero attached hydrogens (tertiary/aromatic N) is 2. The number of hydrogen-bond acceptors (Lipinski definition) is 4. The smallest absolute Gasteiger partial charge is 0.335 e. The lowest BCUT2D eigenvalue weighted by Gasteiger charge is -2.33. The standard InChI is InChI=1S/C24H23ClN2O2S/c1-16-22(30-23(26-16)18-8-10-20(25)11-9-18)12-7-17-4-3-13-27(15-17)21-6-2-5-19(14-21)24(28)29/h2,5-12,14,17H,3-4,13,15H2,1H3,(H,28,29)/b12-7+. The van der Waals surface area contributed by atoms with Gasteiger partial charge in [-0.3, -0.25) is 0 Å². The van der Waals surface area contributed by atoms with E-state index in [0.717, 1.165) is 52.9 Å². The highest BCUT2D eigenvalue weighted by atomic mass is 35.5. The predicted octanol–water partition coefficient (Wildman–Crippen LogP) is 6.40. The normalized spacial score (nSPS) is 16.9. The summed E-state index contributed by atoms with van der Waals surface area (Å²) < 4.78 is 0. The first-order valence-corrected chi connectivity index (χ1v) is 11.2. The Labute approximate surface area is 185 Å². The number of aromatic carboxylic acids is 1. The average molecular weight is 439 g/mol. The molecule has 30 heavy (non-hydrogen) atoms. The van der Waals surface area contributed by atoms with Gasteiger partial charge in [0.1, 0.15) is 5.01 Å². The van der Waals surface area contributed by atoms with E-state index in [-0.39, 0.29) is 0 Å². The molecule has 6 heteroatoms. The van der Waals surface area contributed by atoms with E-state index in [2.05, 4.69) is 17.1 Å². The van der Waals surface area contributed by atoms with Crippen molar-refractivity contribution in [2.24, 2.45) is 5.92 Å². The van der Waals surface area contributed by atoms with Crippen LogP contribution in [-0.2, 0) is 0 Å². The Morgan fingerprint density at radius 2 is 2.07 bits per heavy atom. The molecule has 1 saturated heterocycles. The number of thiazole rings is 1. The topological polar surface area (TPSA) is 53.4 Å². The van der Waals surface area contributed by atoms with Crippen LogP contribution < -0.4 is 4.90 Å². The minimum Gasteiger partial charge on any atom is -0.478 e. The third-order valence-electron chi connectivity index (χ3n) is 5.36. The molecule has 0 spiro atoms. The summed E-state index contributed by atoms with van der Waals surface area (Å²) in [5.74, 6) is -0.463. The zero-order chi connectivity index (χ0) is 21.1. The van der Waals surface area contributed by atoms with E-state index in [1.807, 2.05) is 43.3 Å². The van der Waals surface area contributed by atoms with Crippen LogP contribution in [0.4, 0.5) is 5.69 Å². The summed E-state index contributed by atoms with van der Waals surface area (Å²) in [5.41, 5.74) is 3.42. The first kappa shape index (κ1) is 20.6. The second-order valence-electron chi connectivity index (χ2n) is 7.54. The van der Waals surface area contributed by atoms with Gasteiger partial charge in [0.2, 0.25) is 0 Å². The third-order valence-corrected chi connectivity index (χ3v) is 6.78. The van der Waals surface area contributed by atoms with Crippen molar-refractivity contribution < 1.29 is 9.90 Å². The molecule has 2 aromatic carbocycles. The van der Waals surface area contributed by atoms with E-state index in [0.29, 0.717) is 11.5 Å². The molecule has 1 N–H and O–H groups in total. The highest BCUT2D eigenvalue weighted by molar-refractivity contribution is 7.16. The van der Waals surface area contributed by atoms with Crippen LogP contribution in [0.15, 0.2) is 54.6 Å². The molecule has 1 atom stereocenters. The number of aromatic nitrogens is 1. The van der Waals surface area contributed by atoms with Gasteiger partial charge in [-0.2, -0.15) is 0 Å². The lowest BCUT2D eigenvalue weighted by molar-refractivity contribution is 0.0697. The maximum absolute atomic E-state index is 11.3. The van der Waals surface area contributed by atoms with Gasteiger partial charge in [-0.15, -0.1) is 11.3 Å². The molecule has 1 aromatic heterocycles. The molecule has 1 aliphatic rings. The van der Waals surface area contributed by atoms with Gasteiger partial charge in [0.15, 0.2) is 0 Å². The number of carboxylic acids is 1. The molecule has 0 bridgehead atoms. The van der Waals surface area contributed by atoms with E-state index >= 15 is 0 Å². The van der Waals surface area contributed by atoms with Gasteiger partial charge in [0, 0.05) is 29.4 Å². The Morgan fingerprint density at radius 3 is 2.83 bits per heavy atom. The Morgan fingerprint density at radius 1 is 1.27 bits per heavy atom. The van der Waals surface area contributed by atoms with Crippen LogP contribution in [0, 0.1) is 12.8 Å². The second-order valence-corrected chi connectivity index (χ2v) is 9.01. The molecular weight excluding hydrogens is 416 g/mol. The molecule has 1 aliphatic heterocycles. The summed E-state index contributed by atoms with van der Waals surface area (Å²) >= 11 is 7.68. The zero-order valence-electron chi connectivity index (χ0n) is 16.7. The highest BCUT2D eigenvalue weighted by Crippen LogP contribution is 2.31. The molecule has 4 nitrogen and oxygen atoms in total. The van der Waals surface area contributed by atoms with E-state index in [1.165, 1.54) is 4.88 Å². The van der Waals surface area contributed by atoms with Crippen LogP contribution in [0.5, 0.6) is 0 Å². The number of hydrogen-bond donors (Lipinski definition) is 1. The van der Waals surface area contributed by atoms with Crippen LogP contribution in [0.25, 0.3) is 16.6 Å². The third kappa shape index (κ3) is 4.74. The minimum absolute atomic E-state index is 0.333.